The number of amides is 1. The van der Waals surface area contributed by atoms with E-state index in [1.54, 1.807) is 25.3 Å². The van der Waals surface area contributed by atoms with E-state index in [9.17, 15) is 14.4 Å². The van der Waals surface area contributed by atoms with Crippen LogP contribution in [0.25, 0.3) is 10.9 Å². The molecule has 1 saturated carbocycles. The number of nitrogens with zero attached hydrogens (tertiary/aromatic N) is 2. The van der Waals surface area contributed by atoms with Gasteiger partial charge in [0.15, 0.2) is 11.6 Å². The van der Waals surface area contributed by atoms with Gasteiger partial charge in [0, 0.05) is 18.8 Å². The number of esters is 1. The molecule has 40 heavy (non-hydrogen) atoms. The lowest BCUT2D eigenvalue weighted by molar-refractivity contribution is 0.0189. The number of rotatable bonds is 7. The molecule has 2 aromatic carbocycles. The maximum atomic E-state index is 15.3. The van der Waals surface area contributed by atoms with Gasteiger partial charge in [-0.25, -0.2) is 14.0 Å². The number of hydrogen-bond donors (Lipinski definition) is 0. The minimum atomic E-state index is -0.741. The Bertz CT molecular complexity index is 1520. The average molecular weight is 549 g/mol. The van der Waals surface area contributed by atoms with Crippen molar-refractivity contribution in [1.82, 2.24) is 9.47 Å². The third-order valence-electron chi connectivity index (χ3n) is 6.88. The highest BCUT2D eigenvalue weighted by atomic mass is 19.1. The van der Waals surface area contributed by atoms with E-state index in [2.05, 4.69) is 6.58 Å². The van der Waals surface area contributed by atoms with Crippen LogP contribution in [0.15, 0.2) is 65.6 Å². The Labute approximate surface area is 231 Å². The number of hydrogen-bond acceptors (Lipinski definition) is 6. The summed E-state index contributed by atoms with van der Waals surface area (Å²) in [7, 11) is 0. The first-order valence-electron chi connectivity index (χ1n) is 13.4. The van der Waals surface area contributed by atoms with Crippen molar-refractivity contribution >= 4 is 23.0 Å². The molecule has 9 heteroatoms. The van der Waals surface area contributed by atoms with Crippen LogP contribution < -0.4 is 10.2 Å². The number of fused-ring (bicyclic) bond motifs is 1. The standard InChI is InChI=1S/C31H33FN2O6/c1-19-14-22(34(15-19)30(37)40-31(2,3)4)18-38-28-25(32)13-12-23-26(28)33(21-10-11-21)16-24(27(23)35)29(36)39-17-20-8-6-5-7-9-20/h5-9,12-13,16,21-22H,1,10-11,14-15,17-18H2,2-4H3/t22-/m0/s1. The van der Waals surface area contributed by atoms with Gasteiger partial charge in [0.25, 0.3) is 0 Å². The maximum absolute atomic E-state index is 15.3. The first-order valence-corrected chi connectivity index (χ1v) is 13.4. The summed E-state index contributed by atoms with van der Waals surface area (Å²) in [4.78, 5) is 40.7. The van der Waals surface area contributed by atoms with Gasteiger partial charge in [0.1, 0.15) is 24.4 Å². The molecule has 210 valence electrons. The Morgan fingerprint density at radius 2 is 1.82 bits per heavy atom. The third kappa shape index (κ3) is 5.88. The summed E-state index contributed by atoms with van der Waals surface area (Å²) in [5, 5.41) is 0.164. The highest BCUT2D eigenvalue weighted by molar-refractivity contribution is 5.95. The van der Waals surface area contributed by atoms with Gasteiger partial charge in [0.05, 0.1) is 16.9 Å². The molecule has 0 radical (unpaired) electrons. The Balaban J connectivity index is 1.44. The summed E-state index contributed by atoms with van der Waals surface area (Å²) in [5.74, 6) is -1.47. The van der Waals surface area contributed by atoms with Crippen molar-refractivity contribution in [3.05, 3.63) is 88.0 Å². The molecule has 2 aliphatic rings. The zero-order chi connectivity index (χ0) is 28.6. The van der Waals surface area contributed by atoms with Crippen molar-refractivity contribution in [2.24, 2.45) is 0 Å². The van der Waals surface area contributed by atoms with Crippen LogP contribution in [-0.2, 0) is 16.1 Å². The Morgan fingerprint density at radius 3 is 2.50 bits per heavy atom. The van der Waals surface area contributed by atoms with Crippen LogP contribution in [0.2, 0.25) is 0 Å². The van der Waals surface area contributed by atoms with Gasteiger partial charge in [-0.1, -0.05) is 42.5 Å². The molecule has 0 N–H and O–H groups in total. The minimum absolute atomic E-state index is 0.00237. The molecule has 3 aromatic rings. The molecule has 5 rings (SSSR count). The molecular formula is C31H33FN2O6. The van der Waals surface area contributed by atoms with Gasteiger partial charge >= 0.3 is 12.1 Å². The van der Waals surface area contributed by atoms with Crippen LogP contribution in [0.5, 0.6) is 5.75 Å². The second-order valence-electron chi connectivity index (χ2n) is 11.4. The second-order valence-corrected chi connectivity index (χ2v) is 11.4. The number of pyridine rings is 1. The van der Waals surface area contributed by atoms with Crippen LogP contribution in [-0.4, -0.2) is 46.3 Å². The number of ether oxygens (including phenoxy) is 3. The van der Waals surface area contributed by atoms with Gasteiger partial charge < -0.3 is 18.8 Å². The molecule has 1 atom stereocenters. The smallest absolute Gasteiger partial charge is 0.410 e. The number of carbonyl (C=O) groups excluding carboxylic acids is 2. The first kappa shape index (κ1) is 27.4. The van der Waals surface area contributed by atoms with E-state index < -0.39 is 35.0 Å². The molecule has 1 amide bonds. The first-order chi connectivity index (χ1) is 19.0. The Hall–Kier alpha value is -4.14. The van der Waals surface area contributed by atoms with Crippen molar-refractivity contribution in [2.75, 3.05) is 13.2 Å². The fourth-order valence-corrected chi connectivity index (χ4v) is 4.86. The van der Waals surface area contributed by atoms with Crippen molar-refractivity contribution < 1.29 is 28.2 Å². The van der Waals surface area contributed by atoms with Crippen LogP contribution in [0, 0.1) is 5.82 Å². The molecule has 2 heterocycles. The van der Waals surface area contributed by atoms with Crippen LogP contribution in [0.4, 0.5) is 9.18 Å². The van der Waals surface area contributed by atoms with Crippen LogP contribution in [0.3, 0.4) is 0 Å². The summed E-state index contributed by atoms with van der Waals surface area (Å²) in [6.45, 7) is 9.70. The SMILES string of the molecule is C=C1C[C@@H](COc2c(F)ccc3c(=O)c(C(=O)OCc4ccccc4)cn(C4CC4)c23)N(C(=O)OC(C)(C)C)C1. The molecule has 2 fully saturated rings. The molecule has 1 aromatic heterocycles. The number of carbonyl (C=O) groups is 2. The van der Waals surface area contributed by atoms with Gasteiger partial charge in [-0.15, -0.1) is 0 Å². The fourth-order valence-electron chi connectivity index (χ4n) is 4.86. The lowest BCUT2D eigenvalue weighted by atomic mass is 10.1. The van der Waals surface area contributed by atoms with Gasteiger partial charge in [-0.2, -0.15) is 0 Å². The van der Waals surface area contributed by atoms with Crippen molar-refractivity contribution in [3.63, 3.8) is 0 Å². The topological polar surface area (TPSA) is 87.1 Å². The normalized spacial score (nSPS) is 17.2. The second kappa shape index (κ2) is 10.8. The lowest BCUT2D eigenvalue weighted by Crippen LogP contribution is -2.42. The number of benzene rings is 2. The highest BCUT2D eigenvalue weighted by Crippen LogP contribution is 2.40. The van der Waals surface area contributed by atoms with Gasteiger partial charge in [-0.05, 0) is 57.7 Å². The van der Waals surface area contributed by atoms with Crippen molar-refractivity contribution in [2.45, 2.75) is 64.3 Å². The summed E-state index contributed by atoms with van der Waals surface area (Å²) in [5.41, 5.74) is 0.579. The summed E-state index contributed by atoms with van der Waals surface area (Å²) in [6.07, 6.45) is 3.08. The van der Waals surface area contributed by atoms with Crippen molar-refractivity contribution in [3.8, 4) is 5.75 Å². The summed E-state index contributed by atoms with van der Waals surface area (Å²) in [6, 6.07) is 11.3. The quantitative estimate of drug-likeness (QED) is 0.275. The molecule has 8 nitrogen and oxygen atoms in total. The molecular weight excluding hydrogens is 515 g/mol. The molecule has 1 saturated heterocycles. The zero-order valence-corrected chi connectivity index (χ0v) is 22.9. The number of halogens is 1. The van der Waals surface area contributed by atoms with E-state index in [1.165, 1.54) is 17.2 Å². The van der Waals surface area contributed by atoms with E-state index in [0.717, 1.165) is 30.0 Å². The fraction of sp³-hybridized carbons (Fsp3) is 0.387. The van der Waals surface area contributed by atoms with E-state index in [0.29, 0.717) is 13.0 Å². The van der Waals surface area contributed by atoms with Crippen LogP contribution in [0.1, 0.15) is 62.0 Å². The van der Waals surface area contributed by atoms with E-state index >= 15 is 4.39 Å². The molecule has 0 bridgehead atoms. The lowest BCUT2D eigenvalue weighted by Gasteiger charge is -2.28. The van der Waals surface area contributed by atoms with E-state index in [-0.39, 0.29) is 41.5 Å². The van der Waals surface area contributed by atoms with E-state index in [1.807, 2.05) is 30.3 Å². The average Bonchev–Trinajstić information content (AvgIpc) is 3.67. The monoisotopic (exact) mass is 548 g/mol. The summed E-state index contributed by atoms with van der Waals surface area (Å²) >= 11 is 0. The maximum Gasteiger partial charge on any atom is 0.410 e. The molecule has 1 aliphatic carbocycles. The van der Waals surface area contributed by atoms with Crippen LogP contribution >= 0.6 is 0 Å². The number of likely N-dealkylation sites (tertiary alicyclic amines) is 1. The molecule has 1 aliphatic heterocycles. The Kier molecular flexibility index (Phi) is 7.40. The van der Waals surface area contributed by atoms with Crippen molar-refractivity contribution in [1.29, 1.82) is 0 Å². The van der Waals surface area contributed by atoms with Gasteiger partial charge in [-0.3, -0.25) is 9.69 Å². The Morgan fingerprint density at radius 1 is 1.10 bits per heavy atom. The number of aromatic nitrogens is 1. The predicted octanol–water partition coefficient (Wildman–Crippen LogP) is 5.78. The minimum Gasteiger partial charge on any atom is -0.486 e. The van der Waals surface area contributed by atoms with E-state index in [4.69, 9.17) is 14.2 Å². The zero-order valence-electron chi connectivity index (χ0n) is 22.9. The van der Waals surface area contributed by atoms with Gasteiger partial charge in [0.2, 0.25) is 5.43 Å². The largest absolute Gasteiger partial charge is 0.486 e. The summed E-state index contributed by atoms with van der Waals surface area (Å²) < 4.78 is 34.0. The molecule has 0 spiro atoms. The third-order valence-corrected chi connectivity index (χ3v) is 6.88. The highest BCUT2D eigenvalue weighted by Gasteiger charge is 2.35. The predicted molar refractivity (Wildman–Crippen MR) is 148 cm³/mol. The molecule has 0 unspecified atom stereocenters.